The number of ether oxygens (including phenoxy) is 1. The molecule has 2 N–H and O–H groups in total. The molecule has 33 heavy (non-hydrogen) atoms. The second kappa shape index (κ2) is 12.6. The van der Waals surface area contributed by atoms with Crippen LogP contribution >= 0.6 is 0 Å². The van der Waals surface area contributed by atoms with Crippen LogP contribution < -0.4 is 15.4 Å². The van der Waals surface area contributed by atoms with E-state index in [-0.39, 0.29) is 5.82 Å². The molecule has 1 saturated heterocycles. The molecule has 5 heteroatoms. The molecule has 0 spiro atoms. The van der Waals surface area contributed by atoms with Crippen molar-refractivity contribution in [1.82, 2.24) is 15.5 Å². The normalized spacial score (nSPS) is 18.2. The van der Waals surface area contributed by atoms with Crippen LogP contribution in [0.25, 0.3) is 0 Å². The lowest BCUT2D eigenvalue weighted by molar-refractivity contribution is 0.125. The smallest absolute Gasteiger partial charge is 0.123 e. The molecule has 2 aromatic rings. The van der Waals surface area contributed by atoms with Gasteiger partial charge in [0.2, 0.25) is 0 Å². The molecule has 0 aliphatic carbocycles. The Morgan fingerprint density at radius 3 is 2.52 bits per heavy atom. The van der Waals surface area contributed by atoms with Crippen LogP contribution in [0.1, 0.15) is 51.2 Å². The van der Waals surface area contributed by atoms with E-state index in [0.717, 1.165) is 49.8 Å². The first-order valence-corrected chi connectivity index (χ1v) is 12.3. The van der Waals surface area contributed by atoms with Gasteiger partial charge in [-0.25, -0.2) is 4.39 Å². The molecule has 4 nitrogen and oxygen atoms in total. The van der Waals surface area contributed by atoms with Gasteiger partial charge in [0, 0.05) is 19.1 Å². The second-order valence-electron chi connectivity index (χ2n) is 9.51. The summed E-state index contributed by atoms with van der Waals surface area (Å²) in [6.45, 7) is 15.1. The molecule has 1 fully saturated rings. The highest BCUT2D eigenvalue weighted by molar-refractivity contribution is 5.27. The highest BCUT2D eigenvalue weighted by atomic mass is 19.1. The highest BCUT2D eigenvalue weighted by Crippen LogP contribution is 2.27. The van der Waals surface area contributed by atoms with E-state index in [0.29, 0.717) is 24.4 Å². The largest absolute Gasteiger partial charge is 0.493 e. The summed E-state index contributed by atoms with van der Waals surface area (Å²) in [5.41, 5.74) is 2.28. The Morgan fingerprint density at radius 2 is 1.85 bits per heavy atom. The van der Waals surface area contributed by atoms with Crippen molar-refractivity contribution in [1.29, 1.82) is 0 Å². The molecule has 1 heterocycles. The van der Waals surface area contributed by atoms with E-state index < -0.39 is 0 Å². The van der Waals surface area contributed by atoms with E-state index in [1.54, 1.807) is 12.1 Å². The molecule has 0 amide bonds. The van der Waals surface area contributed by atoms with E-state index in [1.807, 2.05) is 24.3 Å². The van der Waals surface area contributed by atoms with Gasteiger partial charge in [0.05, 0.1) is 12.4 Å². The lowest BCUT2D eigenvalue weighted by Crippen LogP contribution is -2.50. The monoisotopic (exact) mass is 453 g/mol. The van der Waals surface area contributed by atoms with Crippen molar-refractivity contribution in [3.05, 3.63) is 77.9 Å². The molecule has 0 aromatic heterocycles. The predicted molar refractivity (Wildman–Crippen MR) is 134 cm³/mol. The molecule has 2 aromatic carbocycles. The number of hydrogen-bond donors (Lipinski definition) is 2. The first kappa shape index (κ1) is 25.1. The van der Waals surface area contributed by atoms with Gasteiger partial charge in [-0.3, -0.25) is 0 Å². The molecule has 1 aliphatic rings. The Bertz CT molecular complexity index is 848. The Labute approximate surface area is 199 Å². The van der Waals surface area contributed by atoms with E-state index in [4.69, 9.17) is 4.74 Å². The fraction of sp³-hybridized carbons (Fsp3) is 0.500. The van der Waals surface area contributed by atoms with Gasteiger partial charge >= 0.3 is 0 Å². The van der Waals surface area contributed by atoms with Gasteiger partial charge in [-0.2, -0.15) is 0 Å². The van der Waals surface area contributed by atoms with Crippen LogP contribution in [0.4, 0.5) is 4.39 Å². The zero-order valence-electron chi connectivity index (χ0n) is 20.4. The lowest BCUT2D eigenvalue weighted by atomic mass is 9.88. The summed E-state index contributed by atoms with van der Waals surface area (Å²) in [6.07, 6.45) is 3.43. The Hall–Kier alpha value is -2.53. The Balaban J connectivity index is 1.68. The average Bonchev–Trinajstić information content (AvgIpc) is 2.82. The van der Waals surface area contributed by atoms with Crippen LogP contribution in [-0.2, 0) is 13.1 Å². The number of piperidine rings is 1. The number of hydrogen-bond acceptors (Lipinski definition) is 4. The molecule has 0 bridgehead atoms. The molecule has 2 atom stereocenters. The maximum atomic E-state index is 13.5. The van der Waals surface area contributed by atoms with E-state index >= 15 is 0 Å². The third kappa shape index (κ3) is 7.78. The minimum atomic E-state index is -0.200. The van der Waals surface area contributed by atoms with Crippen molar-refractivity contribution in [3.63, 3.8) is 0 Å². The van der Waals surface area contributed by atoms with Gasteiger partial charge in [0.1, 0.15) is 11.6 Å². The van der Waals surface area contributed by atoms with E-state index in [2.05, 4.69) is 55.0 Å². The van der Waals surface area contributed by atoms with Gasteiger partial charge < -0.3 is 20.3 Å². The fourth-order valence-electron chi connectivity index (χ4n) is 4.46. The number of nitrogens with zero attached hydrogens (tertiary/aromatic N) is 1. The summed E-state index contributed by atoms with van der Waals surface area (Å²) in [4.78, 5) is 2.40. The van der Waals surface area contributed by atoms with E-state index in [1.165, 1.54) is 18.4 Å². The molecule has 1 aliphatic heterocycles. The molecule has 0 radical (unpaired) electrons. The number of halogens is 1. The van der Waals surface area contributed by atoms with Crippen molar-refractivity contribution in [3.8, 4) is 5.75 Å². The van der Waals surface area contributed by atoms with Crippen LogP contribution in [0.15, 0.2) is 60.9 Å². The van der Waals surface area contributed by atoms with Crippen molar-refractivity contribution in [2.75, 3.05) is 19.7 Å². The Kier molecular flexibility index (Phi) is 9.61. The quantitative estimate of drug-likeness (QED) is 0.432. The highest BCUT2D eigenvalue weighted by Gasteiger charge is 2.30. The molecule has 0 saturated carbocycles. The Morgan fingerprint density at radius 1 is 1.15 bits per heavy atom. The predicted octanol–water partition coefficient (Wildman–Crippen LogP) is 5.70. The van der Waals surface area contributed by atoms with Gasteiger partial charge in [0.25, 0.3) is 0 Å². The van der Waals surface area contributed by atoms with Gasteiger partial charge in [0.15, 0.2) is 0 Å². The minimum Gasteiger partial charge on any atom is -0.493 e. The van der Waals surface area contributed by atoms with Crippen LogP contribution in [0.5, 0.6) is 5.75 Å². The summed E-state index contributed by atoms with van der Waals surface area (Å²) >= 11 is 0. The SMILES string of the molecule is C=C(NCc1ccc(OCC(C)C)cc1)N(Cc1ccc(F)cc1)[C@@H]1CCNC[C@H]1CCC. The van der Waals surface area contributed by atoms with Crippen molar-refractivity contribution in [2.45, 2.75) is 59.2 Å². The molecular weight excluding hydrogens is 413 g/mol. The van der Waals surface area contributed by atoms with Crippen LogP contribution in [-0.4, -0.2) is 30.6 Å². The minimum absolute atomic E-state index is 0.200. The van der Waals surface area contributed by atoms with Crippen LogP contribution in [0, 0.1) is 17.7 Å². The zero-order valence-corrected chi connectivity index (χ0v) is 20.4. The summed E-state index contributed by atoms with van der Waals surface area (Å²) < 4.78 is 19.3. The number of benzene rings is 2. The number of rotatable bonds is 12. The third-order valence-corrected chi connectivity index (χ3v) is 6.24. The molecule has 180 valence electrons. The third-order valence-electron chi connectivity index (χ3n) is 6.24. The maximum absolute atomic E-state index is 13.5. The van der Waals surface area contributed by atoms with Crippen molar-refractivity contribution >= 4 is 0 Å². The first-order chi connectivity index (χ1) is 16.0. The standard InChI is InChI=1S/C28H40FN3O/c1-5-6-25-18-30-16-15-28(25)32(19-24-7-11-26(29)12-8-24)22(4)31-17-23-9-13-27(14-10-23)33-20-21(2)3/h7-14,21,25,28,30-31H,4-6,15-20H2,1-3H3/t25-,28-/m1/s1. The van der Waals surface area contributed by atoms with Gasteiger partial charge in [-0.15, -0.1) is 0 Å². The summed E-state index contributed by atoms with van der Waals surface area (Å²) in [5.74, 6) is 2.70. The first-order valence-electron chi connectivity index (χ1n) is 12.3. The lowest BCUT2D eigenvalue weighted by Gasteiger charge is -2.42. The maximum Gasteiger partial charge on any atom is 0.123 e. The topological polar surface area (TPSA) is 36.5 Å². The van der Waals surface area contributed by atoms with Crippen LogP contribution in [0.3, 0.4) is 0 Å². The van der Waals surface area contributed by atoms with Crippen molar-refractivity contribution in [2.24, 2.45) is 11.8 Å². The fourth-order valence-corrected chi connectivity index (χ4v) is 4.46. The zero-order chi connectivity index (χ0) is 23.6. The van der Waals surface area contributed by atoms with E-state index in [9.17, 15) is 4.39 Å². The molecule has 3 rings (SSSR count). The molecule has 0 unspecified atom stereocenters. The van der Waals surface area contributed by atoms with Gasteiger partial charge in [-0.05, 0) is 73.2 Å². The molecular formula is C28H40FN3O. The average molecular weight is 454 g/mol. The van der Waals surface area contributed by atoms with Crippen LogP contribution in [0.2, 0.25) is 0 Å². The summed E-state index contributed by atoms with van der Waals surface area (Å²) in [7, 11) is 0. The second-order valence-corrected chi connectivity index (χ2v) is 9.51. The van der Waals surface area contributed by atoms with Gasteiger partial charge in [-0.1, -0.05) is 58.0 Å². The summed E-state index contributed by atoms with van der Waals surface area (Å²) in [5, 5.41) is 7.11. The summed E-state index contributed by atoms with van der Waals surface area (Å²) in [6, 6.07) is 15.5. The number of nitrogens with one attached hydrogen (secondary N) is 2. The van der Waals surface area contributed by atoms with Crippen molar-refractivity contribution < 1.29 is 9.13 Å².